The summed E-state index contributed by atoms with van der Waals surface area (Å²) >= 11 is 0. The fourth-order valence-electron chi connectivity index (χ4n) is 1.79. The molecule has 0 aromatic heterocycles. The highest BCUT2D eigenvalue weighted by Crippen LogP contribution is 2.07. The zero-order valence-electron chi connectivity index (χ0n) is 9.84. The molecule has 0 bridgehead atoms. The second-order valence-electron chi connectivity index (χ2n) is 4.38. The first-order valence-corrected chi connectivity index (χ1v) is 5.83. The maximum atomic E-state index is 3.53. The second kappa shape index (κ2) is 6.20. The van der Waals surface area contributed by atoms with E-state index in [1.807, 2.05) is 0 Å². The molecule has 1 aliphatic heterocycles. The fraction of sp³-hybridized carbons (Fsp3) is 0.833. The van der Waals surface area contributed by atoms with Gasteiger partial charge in [-0.1, -0.05) is 18.6 Å². The number of nitrogens with one attached hydrogen (secondary N) is 1. The smallest absolute Gasteiger partial charge is 0.0190 e. The van der Waals surface area contributed by atoms with Crippen LogP contribution >= 0.6 is 0 Å². The minimum absolute atomic E-state index is 0.663. The minimum Gasteiger partial charge on any atom is -0.313 e. The van der Waals surface area contributed by atoms with E-state index in [2.05, 4.69) is 37.1 Å². The molecule has 1 N–H and O–H groups in total. The molecule has 1 atom stereocenters. The molecule has 0 spiro atoms. The van der Waals surface area contributed by atoms with Crippen molar-refractivity contribution in [2.45, 2.75) is 39.7 Å². The van der Waals surface area contributed by atoms with Crippen LogP contribution in [0.4, 0.5) is 0 Å². The standard InChI is InChI=1S/C12H24N2/c1-4-12(3)13-7-9-14-8-5-6-11(2)10-14/h6,12-13H,4-5,7-10H2,1-3H3. The maximum Gasteiger partial charge on any atom is 0.0190 e. The van der Waals surface area contributed by atoms with Crippen molar-refractivity contribution in [2.75, 3.05) is 26.2 Å². The zero-order valence-corrected chi connectivity index (χ0v) is 9.84. The van der Waals surface area contributed by atoms with Crippen LogP contribution in [0.2, 0.25) is 0 Å². The Hall–Kier alpha value is -0.340. The van der Waals surface area contributed by atoms with E-state index >= 15 is 0 Å². The van der Waals surface area contributed by atoms with Crippen LogP contribution in [0.1, 0.15) is 33.6 Å². The Morgan fingerprint density at radius 1 is 1.57 bits per heavy atom. The summed E-state index contributed by atoms with van der Waals surface area (Å²) in [5.74, 6) is 0. The van der Waals surface area contributed by atoms with Gasteiger partial charge in [0.2, 0.25) is 0 Å². The van der Waals surface area contributed by atoms with Gasteiger partial charge in [-0.15, -0.1) is 0 Å². The summed E-state index contributed by atoms with van der Waals surface area (Å²) in [5, 5.41) is 3.53. The van der Waals surface area contributed by atoms with Gasteiger partial charge >= 0.3 is 0 Å². The van der Waals surface area contributed by atoms with Gasteiger partial charge in [0, 0.05) is 32.2 Å². The topological polar surface area (TPSA) is 15.3 Å². The first-order chi connectivity index (χ1) is 6.72. The molecule has 0 aromatic carbocycles. The largest absolute Gasteiger partial charge is 0.313 e. The predicted octanol–water partition coefficient (Wildman–Crippen LogP) is 2.03. The van der Waals surface area contributed by atoms with E-state index in [1.165, 1.54) is 38.0 Å². The maximum absolute atomic E-state index is 3.53. The van der Waals surface area contributed by atoms with Crippen molar-refractivity contribution < 1.29 is 0 Å². The molecule has 0 saturated carbocycles. The van der Waals surface area contributed by atoms with E-state index in [-0.39, 0.29) is 0 Å². The summed E-state index contributed by atoms with van der Waals surface area (Å²) in [5.41, 5.74) is 1.53. The Morgan fingerprint density at radius 3 is 3.00 bits per heavy atom. The normalized spacial score (nSPS) is 20.6. The van der Waals surface area contributed by atoms with Crippen molar-refractivity contribution in [3.05, 3.63) is 11.6 Å². The Kier molecular flexibility index (Phi) is 5.20. The highest BCUT2D eigenvalue weighted by molar-refractivity contribution is 5.04. The van der Waals surface area contributed by atoms with Crippen LogP contribution in [0.5, 0.6) is 0 Å². The highest BCUT2D eigenvalue weighted by Gasteiger charge is 2.09. The molecule has 2 heteroatoms. The third-order valence-corrected chi connectivity index (χ3v) is 2.94. The molecule has 0 amide bonds. The summed E-state index contributed by atoms with van der Waals surface area (Å²) < 4.78 is 0. The predicted molar refractivity (Wildman–Crippen MR) is 62.6 cm³/mol. The van der Waals surface area contributed by atoms with E-state index in [4.69, 9.17) is 0 Å². The van der Waals surface area contributed by atoms with Crippen LogP contribution in [0.25, 0.3) is 0 Å². The van der Waals surface area contributed by atoms with Gasteiger partial charge < -0.3 is 5.32 Å². The van der Waals surface area contributed by atoms with Gasteiger partial charge in [-0.25, -0.2) is 0 Å². The molecule has 1 unspecified atom stereocenters. The average Bonchev–Trinajstić information content (AvgIpc) is 2.17. The van der Waals surface area contributed by atoms with Gasteiger partial charge in [0.15, 0.2) is 0 Å². The van der Waals surface area contributed by atoms with Crippen molar-refractivity contribution in [1.82, 2.24) is 10.2 Å². The van der Waals surface area contributed by atoms with Crippen molar-refractivity contribution in [3.63, 3.8) is 0 Å². The van der Waals surface area contributed by atoms with Crippen LogP contribution in [-0.4, -0.2) is 37.1 Å². The number of hydrogen-bond donors (Lipinski definition) is 1. The quantitative estimate of drug-likeness (QED) is 0.677. The van der Waals surface area contributed by atoms with Gasteiger partial charge in [0.05, 0.1) is 0 Å². The summed E-state index contributed by atoms with van der Waals surface area (Å²) in [6.45, 7) is 11.4. The van der Waals surface area contributed by atoms with Crippen LogP contribution in [0.15, 0.2) is 11.6 Å². The molecule has 2 nitrogen and oxygen atoms in total. The Morgan fingerprint density at radius 2 is 2.36 bits per heavy atom. The average molecular weight is 196 g/mol. The van der Waals surface area contributed by atoms with Gasteiger partial charge in [0.1, 0.15) is 0 Å². The monoisotopic (exact) mass is 196 g/mol. The third-order valence-electron chi connectivity index (χ3n) is 2.94. The molecular weight excluding hydrogens is 172 g/mol. The molecular formula is C12H24N2. The Balaban J connectivity index is 2.10. The summed E-state index contributed by atoms with van der Waals surface area (Å²) in [7, 11) is 0. The van der Waals surface area contributed by atoms with Crippen molar-refractivity contribution in [3.8, 4) is 0 Å². The summed E-state index contributed by atoms with van der Waals surface area (Å²) in [6, 6.07) is 0.663. The second-order valence-corrected chi connectivity index (χ2v) is 4.38. The molecule has 1 aliphatic rings. The molecule has 0 radical (unpaired) electrons. The molecule has 82 valence electrons. The highest BCUT2D eigenvalue weighted by atomic mass is 15.1. The number of nitrogens with zero attached hydrogens (tertiary/aromatic N) is 1. The molecule has 1 heterocycles. The van der Waals surface area contributed by atoms with Gasteiger partial charge in [-0.2, -0.15) is 0 Å². The van der Waals surface area contributed by atoms with Crippen molar-refractivity contribution in [1.29, 1.82) is 0 Å². The van der Waals surface area contributed by atoms with Crippen molar-refractivity contribution >= 4 is 0 Å². The summed E-state index contributed by atoms with van der Waals surface area (Å²) in [6.07, 6.45) is 4.81. The Bertz CT molecular complexity index is 187. The van der Waals surface area contributed by atoms with E-state index in [1.54, 1.807) is 0 Å². The van der Waals surface area contributed by atoms with Crippen LogP contribution in [0, 0.1) is 0 Å². The first kappa shape index (κ1) is 11.7. The lowest BCUT2D eigenvalue weighted by molar-refractivity contribution is 0.284. The third kappa shape index (κ3) is 4.25. The van der Waals surface area contributed by atoms with Crippen LogP contribution in [-0.2, 0) is 0 Å². The molecule has 14 heavy (non-hydrogen) atoms. The van der Waals surface area contributed by atoms with Crippen LogP contribution < -0.4 is 5.32 Å². The molecule has 0 aliphatic carbocycles. The van der Waals surface area contributed by atoms with Crippen molar-refractivity contribution in [2.24, 2.45) is 0 Å². The number of hydrogen-bond acceptors (Lipinski definition) is 2. The van der Waals surface area contributed by atoms with Gasteiger partial charge in [0.25, 0.3) is 0 Å². The fourth-order valence-corrected chi connectivity index (χ4v) is 1.79. The van der Waals surface area contributed by atoms with Gasteiger partial charge in [-0.3, -0.25) is 4.90 Å². The lowest BCUT2D eigenvalue weighted by Crippen LogP contribution is -2.38. The van der Waals surface area contributed by atoms with Crippen LogP contribution in [0.3, 0.4) is 0 Å². The lowest BCUT2D eigenvalue weighted by Gasteiger charge is -2.26. The molecule has 0 fully saturated rings. The summed E-state index contributed by atoms with van der Waals surface area (Å²) in [4.78, 5) is 2.53. The Labute approximate surface area is 88.4 Å². The molecule has 0 aromatic rings. The van der Waals surface area contributed by atoms with E-state index in [0.717, 1.165) is 6.54 Å². The zero-order chi connectivity index (χ0) is 10.4. The van der Waals surface area contributed by atoms with E-state index in [9.17, 15) is 0 Å². The molecule has 1 rings (SSSR count). The lowest BCUT2D eigenvalue weighted by atomic mass is 10.1. The van der Waals surface area contributed by atoms with E-state index in [0.29, 0.717) is 6.04 Å². The van der Waals surface area contributed by atoms with E-state index < -0.39 is 0 Å². The molecule has 0 saturated heterocycles. The minimum atomic E-state index is 0.663. The van der Waals surface area contributed by atoms with Gasteiger partial charge in [-0.05, 0) is 26.7 Å². The first-order valence-electron chi connectivity index (χ1n) is 5.83. The number of rotatable bonds is 5. The SMILES string of the molecule is CCC(C)NCCN1CCC=C(C)C1.